The Kier molecular flexibility index (Phi) is 6.36. The van der Waals surface area contributed by atoms with Crippen LogP contribution in [0.5, 0.6) is 11.5 Å². The average Bonchev–Trinajstić information content (AvgIpc) is 2.70. The van der Waals surface area contributed by atoms with Gasteiger partial charge in [0.05, 0.1) is 23.7 Å². The maximum Gasteiger partial charge on any atom is 0.349 e. The molecule has 1 heterocycles. The van der Waals surface area contributed by atoms with Crippen LogP contribution in [0.25, 0.3) is 10.9 Å². The van der Waals surface area contributed by atoms with Gasteiger partial charge in [0.1, 0.15) is 0 Å². The molecular weight excluding hydrogens is 458 g/mol. The highest BCUT2D eigenvalue weighted by molar-refractivity contribution is 9.10. The summed E-state index contributed by atoms with van der Waals surface area (Å²) in [5.74, 6) is -0.583. The topological polar surface area (TPSA) is 123 Å². The molecule has 10 heteroatoms. The molecule has 0 saturated carbocycles. The molecule has 0 unspecified atom stereocenters. The largest absolute Gasteiger partial charge is 0.490 e. The van der Waals surface area contributed by atoms with Crippen molar-refractivity contribution in [3.63, 3.8) is 0 Å². The third-order valence-corrected chi connectivity index (χ3v) is 4.80. The molecule has 2 aromatic carbocycles. The zero-order valence-corrected chi connectivity index (χ0v) is 17.7. The number of benzene rings is 2. The molecule has 0 aliphatic rings. The number of rotatable bonds is 7. The second-order valence-electron chi connectivity index (χ2n) is 6.19. The third-order valence-electron chi connectivity index (χ3n) is 4.11. The van der Waals surface area contributed by atoms with Crippen LogP contribution in [-0.2, 0) is 4.79 Å². The summed E-state index contributed by atoms with van der Waals surface area (Å²) in [6.45, 7) is 3.49. The molecule has 0 amide bonds. The Balaban J connectivity index is 2.03. The van der Waals surface area contributed by atoms with Gasteiger partial charge in [0.15, 0.2) is 17.6 Å². The lowest BCUT2D eigenvalue weighted by molar-refractivity contribution is -0.144. The lowest BCUT2D eigenvalue weighted by Gasteiger charge is -2.16. The number of carboxylic acid groups (broad SMARTS) is 1. The Morgan fingerprint density at radius 2 is 2.03 bits per heavy atom. The Bertz CT molecular complexity index is 1250. The van der Waals surface area contributed by atoms with Gasteiger partial charge in [-0.1, -0.05) is 12.1 Å². The molecule has 0 saturated heterocycles. The molecule has 0 bridgehead atoms. The summed E-state index contributed by atoms with van der Waals surface area (Å²) in [7, 11) is 0. The van der Waals surface area contributed by atoms with E-state index in [0.717, 1.165) is 4.68 Å². The minimum Gasteiger partial charge on any atom is -0.490 e. The molecule has 0 fully saturated rings. The summed E-state index contributed by atoms with van der Waals surface area (Å²) in [6.07, 6.45) is 0.243. The predicted octanol–water partition coefficient (Wildman–Crippen LogP) is 2.59. The minimum absolute atomic E-state index is 0.233. The van der Waals surface area contributed by atoms with Gasteiger partial charge in [0, 0.05) is 10.0 Å². The van der Waals surface area contributed by atoms with E-state index in [1.807, 2.05) is 0 Å². The fourth-order valence-electron chi connectivity index (χ4n) is 2.63. The number of H-pyrrole nitrogens is 1. The van der Waals surface area contributed by atoms with E-state index in [0.29, 0.717) is 33.3 Å². The first-order chi connectivity index (χ1) is 14.3. The number of aliphatic carboxylic acids is 1. The molecular formula is C20H18BrN3O6. The number of nitrogens with one attached hydrogen (secondary N) is 1. The van der Waals surface area contributed by atoms with Gasteiger partial charge in [-0.15, -0.1) is 4.68 Å². The number of hydrogen-bond donors (Lipinski definition) is 2. The van der Waals surface area contributed by atoms with E-state index in [2.05, 4.69) is 26.0 Å². The molecule has 0 spiro atoms. The van der Waals surface area contributed by atoms with Crippen molar-refractivity contribution < 1.29 is 19.4 Å². The van der Waals surface area contributed by atoms with Crippen LogP contribution in [0.4, 0.5) is 0 Å². The van der Waals surface area contributed by atoms with Gasteiger partial charge < -0.3 is 19.6 Å². The van der Waals surface area contributed by atoms with Crippen LogP contribution in [0.1, 0.15) is 19.4 Å². The molecule has 3 aromatic rings. The highest BCUT2D eigenvalue weighted by Gasteiger charge is 2.17. The van der Waals surface area contributed by atoms with Crippen molar-refractivity contribution in [2.75, 3.05) is 6.61 Å². The SMILES string of the molecule is CCOc1cc(C=Nn2c(=O)[nH]c3ccccc3c2=O)c(Br)cc1O[C@H](C)C(=O)O. The summed E-state index contributed by atoms with van der Waals surface area (Å²) in [5, 5.41) is 13.4. The number of nitrogens with zero attached hydrogens (tertiary/aromatic N) is 2. The van der Waals surface area contributed by atoms with E-state index in [4.69, 9.17) is 14.6 Å². The predicted molar refractivity (Wildman–Crippen MR) is 115 cm³/mol. The lowest BCUT2D eigenvalue weighted by Crippen LogP contribution is -2.32. The normalized spacial score (nSPS) is 12.2. The van der Waals surface area contributed by atoms with Crippen molar-refractivity contribution in [3.05, 3.63) is 67.3 Å². The molecule has 2 N–H and O–H groups in total. The first-order valence-electron chi connectivity index (χ1n) is 8.96. The fourth-order valence-corrected chi connectivity index (χ4v) is 3.05. The number of hydrogen-bond acceptors (Lipinski definition) is 6. The second kappa shape index (κ2) is 8.95. The van der Waals surface area contributed by atoms with Crippen molar-refractivity contribution in [1.82, 2.24) is 9.66 Å². The summed E-state index contributed by atoms with van der Waals surface area (Å²) >= 11 is 3.36. The molecule has 9 nitrogen and oxygen atoms in total. The van der Waals surface area contributed by atoms with Crippen LogP contribution in [0.3, 0.4) is 0 Å². The molecule has 0 aliphatic heterocycles. The first kappa shape index (κ1) is 21.3. The van der Waals surface area contributed by atoms with Crippen molar-refractivity contribution in [3.8, 4) is 11.5 Å². The van der Waals surface area contributed by atoms with Crippen molar-refractivity contribution in [2.24, 2.45) is 5.10 Å². The smallest absolute Gasteiger partial charge is 0.349 e. The van der Waals surface area contributed by atoms with Crippen LogP contribution >= 0.6 is 15.9 Å². The number of carbonyl (C=O) groups is 1. The standard InChI is InChI=1S/C20H18BrN3O6/c1-3-29-16-8-12(14(21)9-17(16)30-11(2)19(26)27)10-22-24-18(25)13-6-4-5-7-15(13)23-20(24)28/h4-11H,3H2,1-2H3,(H,23,28)(H,26,27)/t11-/m1/s1. The summed E-state index contributed by atoms with van der Waals surface area (Å²) in [6, 6.07) is 9.75. The average molecular weight is 476 g/mol. The first-order valence-corrected chi connectivity index (χ1v) is 9.75. The van der Waals surface area contributed by atoms with Gasteiger partial charge in [-0.2, -0.15) is 5.10 Å². The molecule has 3 rings (SSSR count). The monoisotopic (exact) mass is 475 g/mol. The number of halogens is 1. The number of aromatic nitrogens is 2. The van der Waals surface area contributed by atoms with E-state index in [1.165, 1.54) is 13.1 Å². The highest BCUT2D eigenvalue weighted by Crippen LogP contribution is 2.34. The minimum atomic E-state index is -1.12. The number of aromatic amines is 1. The second-order valence-corrected chi connectivity index (χ2v) is 7.04. The zero-order valence-electron chi connectivity index (χ0n) is 16.1. The highest BCUT2D eigenvalue weighted by atomic mass is 79.9. The van der Waals surface area contributed by atoms with Gasteiger partial charge in [-0.3, -0.25) is 4.79 Å². The van der Waals surface area contributed by atoms with Crippen LogP contribution in [0, 0.1) is 0 Å². The van der Waals surface area contributed by atoms with Crippen molar-refractivity contribution >= 4 is 39.0 Å². The molecule has 1 aromatic heterocycles. The maximum atomic E-state index is 12.6. The van der Waals surface area contributed by atoms with E-state index in [-0.39, 0.29) is 5.75 Å². The van der Waals surface area contributed by atoms with Crippen molar-refractivity contribution in [1.29, 1.82) is 0 Å². The zero-order chi connectivity index (χ0) is 21.8. The van der Waals surface area contributed by atoms with Crippen molar-refractivity contribution in [2.45, 2.75) is 20.0 Å². The number of para-hydroxylation sites is 1. The molecule has 0 aliphatic carbocycles. The van der Waals surface area contributed by atoms with E-state index >= 15 is 0 Å². The molecule has 30 heavy (non-hydrogen) atoms. The summed E-state index contributed by atoms with van der Waals surface area (Å²) in [4.78, 5) is 38.5. The lowest BCUT2D eigenvalue weighted by atomic mass is 10.2. The Morgan fingerprint density at radius 3 is 2.73 bits per heavy atom. The van der Waals surface area contributed by atoms with Crippen LogP contribution in [-0.4, -0.2) is 39.7 Å². The molecule has 0 radical (unpaired) electrons. The number of fused-ring (bicyclic) bond motifs is 1. The fraction of sp³-hybridized carbons (Fsp3) is 0.200. The number of carboxylic acids is 1. The van der Waals surface area contributed by atoms with Gasteiger partial charge in [-0.25, -0.2) is 9.59 Å². The van der Waals surface area contributed by atoms with E-state index in [9.17, 15) is 14.4 Å². The van der Waals surface area contributed by atoms with Gasteiger partial charge in [0.2, 0.25) is 0 Å². The third kappa shape index (κ3) is 4.43. The van der Waals surface area contributed by atoms with Gasteiger partial charge in [-0.05, 0) is 54.0 Å². The maximum absolute atomic E-state index is 12.6. The Labute approximate surface area is 178 Å². The van der Waals surface area contributed by atoms with Crippen LogP contribution in [0.15, 0.2) is 55.6 Å². The molecule has 156 valence electrons. The quantitative estimate of drug-likeness (QED) is 0.506. The van der Waals surface area contributed by atoms with Crippen LogP contribution < -0.4 is 20.7 Å². The summed E-state index contributed by atoms with van der Waals surface area (Å²) in [5.41, 5.74) is -0.311. The Morgan fingerprint density at radius 1 is 1.30 bits per heavy atom. The van der Waals surface area contributed by atoms with E-state index < -0.39 is 23.3 Å². The van der Waals surface area contributed by atoms with Gasteiger partial charge >= 0.3 is 11.7 Å². The Hall–Kier alpha value is -3.40. The number of ether oxygens (including phenoxy) is 2. The summed E-state index contributed by atoms with van der Waals surface area (Å²) < 4.78 is 12.2. The van der Waals surface area contributed by atoms with Gasteiger partial charge in [0.25, 0.3) is 5.56 Å². The van der Waals surface area contributed by atoms with E-state index in [1.54, 1.807) is 43.3 Å². The van der Waals surface area contributed by atoms with Crippen LogP contribution in [0.2, 0.25) is 0 Å². The molecule has 1 atom stereocenters.